The van der Waals surface area contributed by atoms with Crippen LogP contribution in [0.4, 0.5) is 0 Å². The van der Waals surface area contributed by atoms with E-state index in [2.05, 4.69) is 15.6 Å². The summed E-state index contributed by atoms with van der Waals surface area (Å²) in [5.74, 6) is -0.293. The van der Waals surface area contributed by atoms with Crippen molar-refractivity contribution in [3.05, 3.63) is 41.0 Å². The van der Waals surface area contributed by atoms with Crippen molar-refractivity contribution >= 4 is 23.2 Å². The Hall–Kier alpha value is -2.29. The van der Waals surface area contributed by atoms with Crippen molar-refractivity contribution in [1.82, 2.24) is 20.5 Å². The van der Waals surface area contributed by atoms with E-state index in [4.69, 9.17) is 0 Å². The third kappa shape index (κ3) is 4.88. The molecule has 1 aromatic heterocycles. The molecule has 0 saturated carbocycles. The second kappa shape index (κ2) is 9.68. The smallest absolute Gasteiger partial charge is 0.243 e. The number of nitrogens with zero attached hydrogens (tertiary/aromatic N) is 2. The van der Waals surface area contributed by atoms with Gasteiger partial charge >= 0.3 is 0 Å². The van der Waals surface area contributed by atoms with E-state index < -0.39 is 12.1 Å². The molecule has 3 N–H and O–H groups in total. The summed E-state index contributed by atoms with van der Waals surface area (Å²) < 4.78 is 0. The number of benzene rings is 1. The van der Waals surface area contributed by atoms with Crippen LogP contribution in [0, 0.1) is 12.8 Å². The molecule has 1 aliphatic heterocycles. The first kappa shape index (κ1) is 22.4. The highest BCUT2D eigenvalue weighted by atomic mass is 32.1. The molecular weight excluding hydrogens is 400 g/mol. The van der Waals surface area contributed by atoms with E-state index >= 15 is 0 Å². The van der Waals surface area contributed by atoms with E-state index in [0.717, 1.165) is 21.7 Å². The number of carbonyl (C=O) groups excluding carboxylic acids is 2. The van der Waals surface area contributed by atoms with Crippen molar-refractivity contribution < 1.29 is 14.7 Å². The summed E-state index contributed by atoms with van der Waals surface area (Å²) in [6.45, 7) is 6.46. The molecule has 0 radical (unpaired) electrons. The van der Waals surface area contributed by atoms with Crippen molar-refractivity contribution in [3.8, 4) is 10.4 Å². The zero-order valence-electron chi connectivity index (χ0n) is 17.9. The van der Waals surface area contributed by atoms with Crippen LogP contribution in [0.25, 0.3) is 10.4 Å². The van der Waals surface area contributed by atoms with Crippen LogP contribution in [0.2, 0.25) is 0 Å². The zero-order chi connectivity index (χ0) is 21.8. The number of nitrogens with one attached hydrogen (secondary N) is 2. The minimum absolute atomic E-state index is 0.0876. The number of thiazole rings is 1. The van der Waals surface area contributed by atoms with E-state index in [9.17, 15) is 14.7 Å². The average molecular weight is 431 g/mol. The molecule has 1 aliphatic rings. The standard InChI is InChI=1S/C22H30N4O3S/c1-13(2)19(23-4)22(29)26-11-17(27)9-18(26)21(28)24-10-15-5-7-16(8-6-15)20-14(3)25-12-30-20/h5-8,12-13,17-19,23,27H,9-11H2,1-4H3,(H,24,28)/t17-,18+,19?/m1/s1. The lowest BCUT2D eigenvalue weighted by Crippen LogP contribution is -2.53. The molecule has 162 valence electrons. The number of likely N-dealkylation sites (tertiary alicyclic amines) is 1. The van der Waals surface area contributed by atoms with Crippen molar-refractivity contribution in [2.75, 3.05) is 13.6 Å². The zero-order valence-corrected chi connectivity index (χ0v) is 18.7. The molecule has 1 fully saturated rings. The van der Waals surface area contributed by atoms with Crippen LogP contribution in [0.15, 0.2) is 29.8 Å². The molecule has 0 aliphatic carbocycles. The first-order valence-electron chi connectivity index (χ1n) is 10.2. The molecule has 0 spiro atoms. The number of carbonyl (C=O) groups is 2. The number of amides is 2. The normalized spacial score (nSPS) is 19.9. The van der Waals surface area contributed by atoms with E-state index in [0.29, 0.717) is 6.54 Å². The fourth-order valence-electron chi connectivity index (χ4n) is 3.89. The molecule has 2 amide bonds. The Balaban J connectivity index is 1.63. The molecule has 1 unspecified atom stereocenters. The Morgan fingerprint density at radius 2 is 2.00 bits per heavy atom. The van der Waals surface area contributed by atoms with Crippen LogP contribution in [0.1, 0.15) is 31.5 Å². The number of hydrogen-bond acceptors (Lipinski definition) is 6. The number of aryl methyl sites for hydroxylation is 1. The van der Waals surface area contributed by atoms with Gasteiger partial charge in [0.2, 0.25) is 11.8 Å². The molecule has 1 saturated heterocycles. The highest BCUT2D eigenvalue weighted by molar-refractivity contribution is 7.13. The molecule has 7 nitrogen and oxygen atoms in total. The summed E-state index contributed by atoms with van der Waals surface area (Å²) >= 11 is 1.61. The second-order valence-corrected chi connectivity index (χ2v) is 8.94. The Morgan fingerprint density at radius 1 is 1.30 bits per heavy atom. The molecule has 0 bridgehead atoms. The maximum Gasteiger partial charge on any atom is 0.243 e. The Morgan fingerprint density at radius 3 is 2.57 bits per heavy atom. The number of aliphatic hydroxyl groups excluding tert-OH is 1. The second-order valence-electron chi connectivity index (χ2n) is 8.09. The molecule has 8 heteroatoms. The van der Waals surface area contributed by atoms with Crippen LogP contribution in [0.3, 0.4) is 0 Å². The molecular formula is C22H30N4O3S. The van der Waals surface area contributed by atoms with Gasteiger partial charge < -0.3 is 20.6 Å². The topological polar surface area (TPSA) is 94.6 Å². The number of hydrogen-bond donors (Lipinski definition) is 3. The van der Waals surface area contributed by atoms with Gasteiger partial charge in [-0.1, -0.05) is 38.1 Å². The van der Waals surface area contributed by atoms with Crippen LogP contribution >= 0.6 is 11.3 Å². The van der Waals surface area contributed by atoms with Gasteiger partial charge in [0.25, 0.3) is 0 Å². The van der Waals surface area contributed by atoms with E-state index in [-0.39, 0.29) is 36.7 Å². The monoisotopic (exact) mass is 430 g/mol. The lowest BCUT2D eigenvalue weighted by atomic mass is 10.0. The van der Waals surface area contributed by atoms with E-state index in [1.165, 1.54) is 4.90 Å². The van der Waals surface area contributed by atoms with Gasteiger partial charge in [0.1, 0.15) is 6.04 Å². The summed E-state index contributed by atoms with van der Waals surface area (Å²) in [5.41, 5.74) is 4.92. The van der Waals surface area contributed by atoms with Crippen LogP contribution in [-0.4, -0.2) is 58.6 Å². The maximum atomic E-state index is 12.9. The number of aromatic nitrogens is 1. The number of aliphatic hydroxyl groups is 1. The predicted molar refractivity (Wildman–Crippen MR) is 118 cm³/mol. The summed E-state index contributed by atoms with van der Waals surface area (Å²) in [4.78, 5) is 32.6. The Bertz CT molecular complexity index is 881. The lowest BCUT2D eigenvalue weighted by molar-refractivity contribution is -0.140. The van der Waals surface area contributed by atoms with Crippen molar-refractivity contribution in [2.24, 2.45) is 5.92 Å². The molecule has 1 aromatic carbocycles. The quantitative estimate of drug-likeness (QED) is 0.624. The van der Waals surface area contributed by atoms with Gasteiger partial charge in [-0.3, -0.25) is 9.59 Å². The Labute approximate surface area is 181 Å². The van der Waals surface area contributed by atoms with Crippen molar-refractivity contribution in [2.45, 2.75) is 51.9 Å². The summed E-state index contributed by atoms with van der Waals surface area (Å²) in [6.07, 6.45) is -0.424. The highest BCUT2D eigenvalue weighted by Gasteiger charge is 2.41. The van der Waals surface area contributed by atoms with E-state index in [1.54, 1.807) is 18.4 Å². The molecule has 2 heterocycles. The van der Waals surface area contributed by atoms with Gasteiger partial charge in [-0.2, -0.15) is 0 Å². The maximum absolute atomic E-state index is 12.9. The Kier molecular flexibility index (Phi) is 7.23. The molecule has 2 aromatic rings. The predicted octanol–water partition coefficient (Wildman–Crippen LogP) is 1.94. The fraction of sp³-hybridized carbons (Fsp3) is 0.500. The fourth-order valence-corrected chi connectivity index (χ4v) is 4.70. The van der Waals surface area contributed by atoms with Crippen LogP contribution < -0.4 is 10.6 Å². The number of likely N-dealkylation sites (N-methyl/N-ethyl adjacent to an activating group) is 1. The summed E-state index contributed by atoms with van der Waals surface area (Å²) in [7, 11) is 1.74. The highest BCUT2D eigenvalue weighted by Crippen LogP contribution is 2.27. The van der Waals surface area contributed by atoms with Gasteiger partial charge in [0.05, 0.1) is 28.2 Å². The lowest BCUT2D eigenvalue weighted by Gasteiger charge is -2.29. The van der Waals surface area contributed by atoms with Crippen molar-refractivity contribution in [3.63, 3.8) is 0 Å². The third-order valence-electron chi connectivity index (χ3n) is 5.54. The minimum atomic E-state index is -0.684. The number of rotatable bonds is 7. The largest absolute Gasteiger partial charge is 0.391 e. The molecule has 3 rings (SSSR count). The first-order valence-corrected chi connectivity index (χ1v) is 11.1. The van der Waals surface area contributed by atoms with Crippen LogP contribution in [0.5, 0.6) is 0 Å². The van der Waals surface area contributed by atoms with Gasteiger partial charge in [0, 0.05) is 19.5 Å². The van der Waals surface area contributed by atoms with Gasteiger partial charge in [-0.05, 0) is 31.0 Å². The van der Waals surface area contributed by atoms with Crippen LogP contribution in [-0.2, 0) is 16.1 Å². The number of β-amino-alcohol motifs (C(OH)–C–C–N with tert-alkyl or cyclic N) is 1. The van der Waals surface area contributed by atoms with Gasteiger partial charge in [0.15, 0.2) is 0 Å². The summed E-state index contributed by atoms with van der Waals surface area (Å²) in [5, 5.41) is 16.0. The third-order valence-corrected chi connectivity index (χ3v) is 6.51. The minimum Gasteiger partial charge on any atom is -0.391 e. The van der Waals surface area contributed by atoms with E-state index in [1.807, 2.05) is 50.5 Å². The van der Waals surface area contributed by atoms with Gasteiger partial charge in [-0.15, -0.1) is 11.3 Å². The molecule has 30 heavy (non-hydrogen) atoms. The summed E-state index contributed by atoms with van der Waals surface area (Å²) in [6, 6.07) is 6.98. The SMILES string of the molecule is CNC(C(=O)N1C[C@H](O)C[C@H]1C(=O)NCc1ccc(-c2scnc2C)cc1)C(C)C. The molecule has 3 atom stereocenters. The van der Waals surface area contributed by atoms with Crippen molar-refractivity contribution in [1.29, 1.82) is 0 Å². The first-order chi connectivity index (χ1) is 14.3. The van der Waals surface area contributed by atoms with Gasteiger partial charge in [-0.25, -0.2) is 4.98 Å². The average Bonchev–Trinajstić information content (AvgIpc) is 3.32.